The summed E-state index contributed by atoms with van der Waals surface area (Å²) in [5.74, 6) is -0.395. The zero-order valence-electron chi connectivity index (χ0n) is 31.8. The molecule has 0 spiro atoms. The van der Waals surface area contributed by atoms with Gasteiger partial charge in [0.1, 0.15) is 30.0 Å². The zero-order valence-corrected chi connectivity index (χ0v) is 33.4. The predicted octanol–water partition coefficient (Wildman–Crippen LogP) is 7.71. The third kappa shape index (κ3) is 9.09. The molecule has 8 rings (SSSR count). The molecule has 1 unspecified atom stereocenters. The Kier molecular flexibility index (Phi) is 11.7. The quantitative estimate of drug-likeness (QED) is 0.111. The van der Waals surface area contributed by atoms with E-state index >= 15 is 0 Å². The molecule has 14 heteroatoms. The average Bonchev–Trinajstić information content (AvgIpc) is 3.26. The number of fused-ring (bicyclic) bond motifs is 2. The molecule has 12 nitrogen and oxygen atoms in total. The SMILES string of the molecule is N#Cc1ccc(-c2ccc(C[C@H](NC(=O)[C@@H]3Cc4cc5c(cc4CN3Cc3ncccn3)OC(c3ccc(OCc4ccc(Cl)c(Cl)c4)cc3)C(=O)N5)C(=O)O)cc2)cc1. The summed E-state index contributed by atoms with van der Waals surface area (Å²) in [4.78, 5) is 50.8. The topological polar surface area (TPSA) is 167 Å². The number of halogens is 2. The molecule has 3 atom stereocenters. The predicted molar refractivity (Wildman–Crippen MR) is 224 cm³/mol. The second kappa shape index (κ2) is 17.6. The van der Waals surface area contributed by atoms with E-state index in [1.165, 1.54) is 0 Å². The Morgan fingerprint density at radius 2 is 1.62 bits per heavy atom. The number of nitriles is 1. The van der Waals surface area contributed by atoms with Gasteiger partial charge in [0.05, 0.1) is 40.0 Å². The molecule has 0 radical (unpaired) electrons. The van der Waals surface area contributed by atoms with Gasteiger partial charge in [-0.3, -0.25) is 14.5 Å². The Hall–Kier alpha value is -6.78. The number of nitrogens with one attached hydrogen (secondary N) is 2. The highest BCUT2D eigenvalue weighted by Gasteiger charge is 2.37. The molecule has 300 valence electrons. The minimum Gasteiger partial charge on any atom is -0.489 e. The lowest BCUT2D eigenvalue weighted by Gasteiger charge is -2.37. The molecule has 60 heavy (non-hydrogen) atoms. The van der Waals surface area contributed by atoms with Gasteiger partial charge in [-0.1, -0.05) is 77.8 Å². The molecule has 1 aromatic heterocycles. The van der Waals surface area contributed by atoms with Crippen LogP contribution in [0.5, 0.6) is 11.5 Å². The third-order valence-electron chi connectivity index (χ3n) is 10.5. The van der Waals surface area contributed by atoms with Crippen LogP contribution in [0, 0.1) is 11.3 Å². The van der Waals surface area contributed by atoms with E-state index in [-0.39, 0.29) is 31.9 Å². The van der Waals surface area contributed by atoms with Gasteiger partial charge >= 0.3 is 5.97 Å². The van der Waals surface area contributed by atoms with Crippen molar-refractivity contribution < 1.29 is 29.0 Å². The second-order valence-corrected chi connectivity index (χ2v) is 15.3. The molecule has 2 amide bonds. The minimum absolute atomic E-state index is 0.0619. The maximum absolute atomic E-state index is 14.1. The van der Waals surface area contributed by atoms with Gasteiger partial charge in [0.15, 0.2) is 0 Å². The lowest BCUT2D eigenvalue weighted by molar-refractivity contribution is -0.143. The van der Waals surface area contributed by atoms with Gasteiger partial charge in [0.25, 0.3) is 5.91 Å². The van der Waals surface area contributed by atoms with E-state index in [1.807, 2.05) is 59.5 Å². The first kappa shape index (κ1) is 40.0. The van der Waals surface area contributed by atoms with E-state index in [0.717, 1.165) is 33.4 Å². The maximum Gasteiger partial charge on any atom is 0.326 e. The Labute approximate surface area is 355 Å². The lowest BCUT2D eigenvalue weighted by atomic mass is 9.91. The van der Waals surface area contributed by atoms with Crippen molar-refractivity contribution in [3.63, 3.8) is 0 Å². The van der Waals surface area contributed by atoms with Crippen molar-refractivity contribution in [3.05, 3.63) is 171 Å². The van der Waals surface area contributed by atoms with E-state index in [0.29, 0.717) is 50.7 Å². The monoisotopic (exact) mass is 838 g/mol. The Morgan fingerprint density at radius 1 is 0.917 bits per heavy atom. The molecule has 6 aromatic rings. The largest absolute Gasteiger partial charge is 0.489 e. The van der Waals surface area contributed by atoms with Crippen LogP contribution in [0.4, 0.5) is 5.69 Å². The summed E-state index contributed by atoms with van der Waals surface area (Å²) in [6.45, 7) is 0.812. The summed E-state index contributed by atoms with van der Waals surface area (Å²) in [7, 11) is 0. The van der Waals surface area contributed by atoms with Crippen LogP contribution < -0.4 is 20.1 Å². The molecule has 2 aliphatic heterocycles. The van der Waals surface area contributed by atoms with Gasteiger partial charge in [-0.25, -0.2) is 14.8 Å². The van der Waals surface area contributed by atoms with Crippen LogP contribution in [-0.4, -0.2) is 49.8 Å². The Balaban J connectivity index is 0.972. The molecule has 0 bridgehead atoms. The average molecular weight is 840 g/mol. The van der Waals surface area contributed by atoms with Crippen LogP contribution in [0.15, 0.2) is 122 Å². The first-order valence-corrected chi connectivity index (χ1v) is 19.8. The fraction of sp³-hybridized carbons (Fsp3) is 0.174. The molecule has 5 aromatic carbocycles. The van der Waals surface area contributed by atoms with Crippen molar-refractivity contribution in [2.45, 2.75) is 50.7 Å². The molecule has 0 saturated carbocycles. The number of carboxylic acid groups (broad SMARTS) is 1. The molecule has 0 fully saturated rings. The van der Waals surface area contributed by atoms with Gasteiger partial charge in [-0.2, -0.15) is 5.26 Å². The molecule has 0 saturated heterocycles. The van der Waals surface area contributed by atoms with Gasteiger partial charge in [-0.15, -0.1) is 0 Å². The zero-order chi connectivity index (χ0) is 41.8. The van der Waals surface area contributed by atoms with Gasteiger partial charge in [0, 0.05) is 30.9 Å². The molecule has 3 heterocycles. The van der Waals surface area contributed by atoms with Crippen LogP contribution in [0.3, 0.4) is 0 Å². The molecule has 3 N–H and O–H groups in total. The highest BCUT2D eigenvalue weighted by molar-refractivity contribution is 6.42. The molecular formula is C46H36Cl2N6O6. The Bertz CT molecular complexity index is 2600. The number of nitrogens with zero attached hydrogens (tertiary/aromatic N) is 4. The highest BCUT2D eigenvalue weighted by atomic mass is 35.5. The highest BCUT2D eigenvalue weighted by Crippen LogP contribution is 2.40. The lowest BCUT2D eigenvalue weighted by Crippen LogP contribution is -2.54. The number of anilines is 1. The standard InChI is InChI=1S/C46H36Cl2N6O6/c47-36-15-6-29(18-37(36)48)26-59-35-13-11-32(12-14-35)43-45(56)52-38-20-33-21-40(54(24-34(33)22-41(38)60-43)25-42-50-16-1-17-51-42)44(55)53-39(46(57)58)19-27-2-7-30(8-3-27)31-9-4-28(23-49)5-10-31/h1-18,20,22,39-40,43H,19,21,24-26H2,(H,52,56)(H,53,55)(H,57,58)/t39-,40-,43?/m0/s1. The van der Waals surface area contributed by atoms with Crippen LogP contribution >= 0.6 is 23.2 Å². The van der Waals surface area contributed by atoms with E-state index in [1.54, 1.807) is 67.0 Å². The number of hydrogen-bond acceptors (Lipinski definition) is 9. The van der Waals surface area contributed by atoms with Crippen molar-refractivity contribution in [2.75, 3.05) is 5.32 Å². The summed E-state index contributed by atoms with van der Waals surface area (Å²) in [5, 5.41) is 26.0. The minimum atomic E-state index is -1.20. The summed E-state index contributed by atoms with van der Waals surface area (Å²) in [5.41, 5.74) is 6.78. The van der Waals surface area contributed by atoms with Crippen LogP contribution in [0.25, 0.3) is 11.1 Å². The van der Waals surface area contributed by atoms with E-state index in [9.17, 15) is 19.5 Å². The van der Waals surface area contributed by atoms with Crippen molar-refractivity contribution in [1.82, 2.24) is 20.2 Å². The number of hydrogen-bond donors (Lipinski definition) is 3. The molecular weight excluding hydrogens is 803 g/mol. The van der Waals surface area contributed by atoms with E-state index in [2.05, 4.69) is 26.7 Å². The van der Waals surface area contributed by atoms with Gasteiger partial charge in [-0.05, 0) is 94.4 Å². The second-order valence-electron chi connectivity index (χ2n) is 14.5. The number of ether oxygens (including phenoxy) is 2. The van der Waals surface area contributed by atoms with Crippen molar-refractivity contribution >= 4 is 46.7 Å². The molecule has 2 aliphatic rings. The number of carboxylic acids is 1. The number of carbonyl (C=O) groups is 3. The number of aromatic nitrogens is 2. The fourth-order valence-corrected chi connectivity index (χ4v) is 7.61. The van der Waals surface area contributed by atoms with Crippen LogP contribution in [-0.2, 0) is 46.9 Å². The van der Waals surface area contributed by atoms with Crippen molar-refractivity contribution in [2.24, 2.45) is 0 Å². The maximum atomic E-state index is 14.1. The Morgan fingerprint density at radius 3 is 2.30 bits per heavy atom. The summed E-state index contributed by atoms with van der Waals surface area (Å²) in [6.07, 6.45) is 2.63. The van der Waals surface area contributed by atoms with Crippen LogP contribution in [0.2, 0.25) is 10.0 Å². The number of carbonyl (C=O) groups excluding carboxylic acids is 2. The van der Waals surface area contributed by atoms with Crippen LogP contribution in [0.1, 0.15) is 45.3 Å². The van der Waals surface area contributed by atoms with Crippen molar-refractivity contribution in [1.29, 1.82) is 5.26 Å². The summed E-state index contributed by atoms with van der Waals surface area (Å²) in [6, 6.07) is 32.6. The van der Waals surface area contributed by atoms with Gasteiger partial charge in [0.2, 0.25) is 12.0 Å². The van der Waals surface area contributed by atoms with Gasteiger partial charge < -0.3 is 25.2 Å². The number of amides is 2. The van der Waals surface area contributed by atoms with E-state index < -0.39 is 30.1 Å². The normalized spacial score (nSPS) is 16.2. The summed E-state index contributed by atoms with van der Waals surface area (Å²) < 4.78 is 12.2. The van der Waals surface area contributed by atoms with E-state index in [4.69, 9.17) is 37.9 Å². The number of aliphatic carboxylic acids is 1. The first-order chi connectivity index (χ1) is 29.1. The van der Waals surface area contributed by atoms with Crippen molar-refractivity contribution in [3.8, 4) is 28.7 Å². The fourth-order valence-electron chi connectivity index (χ4n) is 7.29. The smallest absolute Gasteiger partial charge is 0.326 e. The number of benzene rings is 5. The summed E-state index contributed by atoms with van der Waals surface area (Å²) >= 11 is 12.2. The first-order valence-electron chi connectivity index (χ1n) is 19.0. The number of rotatable bonds is 12. The third-order valence-corrected chi connectivity index (χ3v) is 11.2. The molecule has 0 aliphatic carbocycles.